The van der Waals surface area contributed by atoms with E-state index >= 15 is 0 Å². The number of aromatic nitrogens is 1. The summed E-state index contributed by atoms with van der Waals surface area (Å²) in [5, 5.41) is 2.95. The Morgan fingerprint density at radius 1 is 1.23 bits per heavy atom. The summed E-state index contributed by atoms with van der Waals surface area (Å²) in [5.74, 6) is 1.02. The van der Waals surface area contributed by atoms with Crippen molar-refractivity contribution < 1.29 is 4.79 Å². The van der Waals surface area contributed by atoms with Gasteiger partial charge in [-0.3, -0.25) is 9.69 Å². The second-order valence-corrected chi connectivity index (χ2v) is 7.48. The van der Waals surface area contributed by atoms with Gasteiger partial charge in [-0.25, -0.2) is 4.98 Å². The van der Waals surface area contributed by atoms with E-state index in [2.05, 4.69) is 27.0 Å². The predicted octanol–water partition coefficient (Wildman–Crippen LogP) is 2.52. The fourth-order valence-electron chi connectivity index (χ4n) is 3.60. The molecule has 1 amide bonds. The molecule has 1 aromatic heterocycles. The molecule has 6 nitrogen and oxygen atoms in total. The predicted molar refractivity (Wildman–Crippen MR) is 112 cm³/mol. The molecule has 3 N–H and O–H groups in total. The summed E-state index contributed by atoms with van der Waals surface area (Å²) in [6, 6.07) is 3.95. The molecule has 2 fully saturated rings. The zero-order valence-electron chi connectivity index (χ0n) is 15.4. The van der Waals surface area contributed by atoms with Crippen molar-refractivity contribution in [1.82, 2.24) is 9.88 Å². The van der Waals surface area contributed by atoms with E-state index in [1.165, 1.54) is 19.3 Å². The standard InChI is InChI=1S/C18H29N5O.2ClH/c1-18(13-19)7-10-22(14-18)12-17(24)21-15-5-6-16(20-11-15)23-8-3-2-4-9-23;;/h5-6,11H,2-4,7-10,12-14,19H2,1H3,(H,21,24);2*1H. The maximum Gasteiger partial charge on any atom is 0.238 e. The zero-order chi connectivity index (χ0) is 17.0. The van der Waals surface area contributed by atoms with Gasteiger partial charge in [0.1, 0.15) is 5.82 Å². The summed E-state index contributed by atoms with van der Waals surface area (Å²) in [4.78, 5) is 21.2. The number of carbonyl (C=O) groups is 1. The number of likely N-dealkylation sites (tertiary alicyclic amines) is 1. The Kier molecular flexibility index (Phi) is 9.10. The van der Waals surface area contributed by atoms with Gasteiger partial charge in [0.2, 0.25) is 5.91 Å². The van der Waals surface area contributed by atoms with Gasteiger partial charge in [0, 0.05) is 19.6 Å². The molecule has 3 heterocycles. The Morgan fingerprint density at radius 3 is 2.54 bits per heavy atom. The van der Waals surface area contributed by atoms with E-state index in [-0.39, 0.29) is 36.1 Å². The van der Waals surface area contributed by atoms with E-state index in [4.69, 9.17) is 5.73 Å². The number of hydrogen-bond donors (Lipinski definition) is 2. The number of hydrogen-bond acceptors (Lipinski definition) is 5. The highest BCUT2D eigenvalue weighted by molar-refractivity contribution is 5.92. The van der Waals surface area contributed by atoms with Crippen LogP contribution in [0.15, 0.2) is 18.3 Å². The summed E-state index contributed by atoms with van der Waals surface area (Å²) < 4.78 is 0. The first-order valence-electron chi connectivity index (χ1n) is 9.01. The van der Waals surface area contributed by atoms with Crippen LogP contribution in [0.3, 0.4) is 0 Å². The normalized spacial score (nSPS) is 23.1. The molecule has 148 valence electrons. The summed E-state index contributed by atoms with van der Waals surface area (Å²) in [7, 11) is 0. The van der Waals surface area contributed by atoms with Gasteiger partial charge in [-0.2, -0.15) is 0 Å². The number of pyridine rings is 1. The zero-order valence-corrected chi connectivity index (χ0v) is 17.1. The molecule has 2 saturated heterocycles. The van der Waals surface area contributed by atoms with Gasteiger partial charge >= 0.3 is 0 Å². The van der Waals surface area contributed by atoms with E-state index in [0.29, 0.717) is 13.1 Å². The Bertz CT molecular complexity index is 565. The molecule has 3 rings (SSSR count). The Labute approximate surface area is 168 Å². The van der Waals surface area contributed by atoms with Crippen molar-refractivity contribution in [3.8, 4) is 0 Å². The molecule has 26 heavy (non-hydrogen) atoms. The lowest BCUT2D eigenvalue weighted by Gasteiger charge is -2.27. The fourth-order valence-corrected chi connectivity index (χ4v) is 3.60. The fraction of sp³-hybridized carbons (Fsp3) is 0.667. The third-order valence-electron chi connectivity index (χ3n) is 5.21. The highest BCUT2D eigenvalue weighted by Gasteiger charge is 2.33. The van der Waals surface area contributed by atoms with E-state index < -0.39 is 0 Å². The van der Waals surface area contributed by atoms with Gasteiger partial charge in [0.25, 0.3) is 0 Å². The number of amides is 1. The Morgan fingerprint density at radius 2 is 1.96 bits per heavy atom. The van der Waals surface area contributed by atoms with Crippen LogP contribution in [-0.4, -0.2) is 55.1 Å². The number of nitrogens with one attached hydrogen (secondary N) is 1. The lowest BCUT2D eigenvalue weighted by atomic mass is 9.90. The summed E-state index contributed by atoms with van der Waals surface area (Å²) in [6.07, 6.45) is 6.60. The molecule has 2 aliphatic rings. The molecule has 1 atom stereocenters. The van der Waals surface area contributed by atoms with Crippen LogP contribution in [0.25, 0.3) is 0 Å². The van der Waals surface area contributed by atoms with Crippen molar-refractivity contribution in [2.75, 3.05) is 49.5 Å². The monoisotopic (exact) mass is 403 g/mol. The second kappa shape index (κ2) is 10.3. The maximum absolute atomic E-state index is 12.2. The van der Waals surface area contributed by atoms with Crippen molar-refractivity contribution in [3.63, 3.8) is 0 Å². The Hall–Kier alpha value is -1.08. The van der Waals surface area contributed by atoms with Gasteiger partial charge in [0.05, 0.1) is 18.4 Å². The summed E-state index contributed by atoms with van der Waals surface area (Å²) in [5.41, 5.74) is 6.74. The van der Waals surface area contributed by atoms with Crippen LogP contribution in [0.5, 0.6) is 0 Å². The molecular weight excluding hydrogens is 373 g/mol. The first-order valence-corrected chi connectivity index (χ1v) is 9.01. The molecule has 0 saturated carbocycles. The molecule has 0 aliphatic carbocycles. The van der Waals surface area contributed by atoms with E-state index in [0.717, 1.165) is 44.1 Å². The highest BCUT2D eigenvalue weighted by Crippen LogP contribution is 2.28. The number of nitrogens with two attached hydrogens (primary N) is 1. The molecule has 0 bridgehead atoms. The number of piperidine rings is 1. The van der Waals surface area contributed by atoms with Gasteiger partial charge in [-0.1, -0.05) is 6.92 Å². The third-order valence-corrected chi connectivity index (χ3v) is 5.21. The maximum atomic E-state index is 12.2. The van der Waals surface area contributed by atoms with Crippen LogP contribution in [0.1, 0.15) is 32.6 Å². The molecular formula is C18H31Cl2N5O. The Balaban J connectivity index is 0.00000169. The van der Waals surface area contributed by atoms with Gasteiger partial charge < -0.3 is 16.0 Å². The minimum Gasteiger partial charge on any atom is -0.357 e. The first kappa shape index (κ1) is 23.0. The number of anilines is 2. The topological polar surface area (TPSA) is 74.5 Å². The smallest absolute Gasteiger partial charge is 0.238 e. The lowest BCUT2D eigenvalue weighted by Crippen LogP contribution is -2.35. The van der Waals surface area contributed by atoms with Crippen LogP contribution < -0.4 is 16.0 Å². The van der Waals surface area contributed by atoms with Crippen molar-refractivity contribution in [2.24, 2.45) is 11.1 Å². The molecule has 1 unspecified atom stereocenters. The summed E-state index contributed by atoms with van der Waals surface area (Å²) in [6.45, 7) is 7.27. The van der Waals surface area contributed by atoms with Gasteiger partial charge in [-0.05, 0) is 56.3 Å². The van der Waals surface area contributed by atoms with Crippen molar-refractivity contribution in [2.45, 2.75) is 32.6 Å². The van der Waals surface area contributed by atoms with Crippen molar-refractivity contribution in [1.29, 1.82) is 0 Å². The SMILES string of the molecule is CC1(CN)CCN(CC(=O)Nc2ccc(N3CCCCC3)nc2)C1.Cl.Cl. The summed E-state index contributed by atoms with van der Waals surface area (Å²) >= 11 is 0. The van der Waals surface area contributed by atoms with Crippen LogP contribution in [0, 0.1) is 5.41 Å². The molecule has 8 heteroatoms. The van der Waals surface area contributed by atoms with E-state index in [9.17, 15) is 4.79 Å². The average Bonchev–Trinajstić information content (AvgIpc) is 2.98. The van der Waals surface area contributed by atoms with Crippen LogP contribution in [-0.2, 0) is 4.79 Å². The van der Waals surface area contributed by atoms with E-state index in [1.807, 2.05) is 12.1 Å². The molecule has 0 spiro atoms. The minimum absolute atomic E-state index is 0. The van der Waals surface area contributed by atoms with E-state index in [1.54, 1.807) is 6.20 Å². The molecule has 1 aromatic rings. The van der Waals surface area contributed by atoms with Crippen LogP contribution in [0.4, 0.5) is 11.5 Å². The highest BCUT2D eigenvalue weighted by atomic mass is 35.5. The third kappa shape index (κ3) is 5.98. The molecule has 2 aliphatic heterocycles. The average molecular weight is 404 g/mol. The van der Waals surface area contributed by atoms with Crippen molar-refractivity contribution in [3.05, 3.63) is 18.3 Å². The van der Waals surface area contributed by atoms with Gasteiger partial charge in [0.15, 0.2) is 0 Å². The van der Waals surface area contributed by atoms with Crippen LogP contribution >= 0.6 is 24.8 Å². The number of rotatable bonds is 5. The second-order valence-electron chi connectivity index (χ2n) is 7.48. The number of halogens is 2. The quantitative estimate of drug-likeness (QED) is 0.789. The lowest BCUT2D eigenvalue weighted by molar-refractivity contribution is -0.117. The van der Waals surface area contributed by atoms with Crippen molar-refractivity contribution >= 4 is 42.2 Å². The van der Waals surface area contributed by atoms with Crippen LogP contribution in [0.2, 0.25) is 0 Å². The molecule has 0 aromatic carbocycles. The number of carbonyl (C=O) groups excluding carboxylic acids is 1. The number of nitrogens with zero attached hydrogens (tertiary/aromatic N) is 3. The largest absolute Gasteiger partial charge is 0.357 e. The van der Waals surface area contributed by atoms with Gasteiger partial charge in [-0.15, -0.1) is 24.8 Å². The first-order chi connectivity index (χ1) is 11.6. The molecule has 0 radical (unpaired) electrons. The minimum atomic E-state index is 0.